The number of thioether (sulfide) groups is 1. The second kappa shape index (κ2) is 16.1. The topological polar surface area (TPSA) is 121 Å². The number of carbonyl (C=O) groups excluding carboxylic acids is 3. The molecule has 1 aromatic carbocycles. The molecule has 41 heavy (non-hydrogen) atoms. The van der Waals surface area contributed by atoms with E-state index in [1.807, 2.05) is 60.0 Å². The molecule has 2 atom stereocenters. The van der Waals surface area contributed by atoms with Crippen molar-refractivity contribution in [1.82, 2.24) is 35.6 Å². The van der Waals surface area contributed by atoms with Gasteiger partial charge in [0, 0.05) is 31.0 Å². The molecular formula is C29H44ClN7O3S. The van der Waals surface area contributed by atoms with Gasteiger partial charge >= 0.3 is 0 Å². The van der Waals surface area contributed by atoms with E-state index >= 15 is 0 Å². The fourth-order valence-corrected chi connectivity index (χ4v) is 5.79. The molecule has 2 aliphatic heterocycles. The third-order valence-corrected chi connectivity index (χ3v) is 8.29. The molecule has 3 amide bonds. The van der Waals surface area contributed by atoms with Crippen molar-refractivity contribution in [3.63, 3.8) is 0 Å². The van der Waals surface area contributed by atoms with Crippen molar-refractivity contribution in [3.05, 3.63) is 36.2 Å². The Morgan fingerprint density at radius 3 is 2.49 bits per heavy atom. The standard InChI is InChI=1S/C29H43N7O3S.ClH/c1-20(2)25-27-33-26(21-8-5-4-6-9-21)34-36(27)18-17-35(29(39)22-11-14-30-15-12-22)16-7-10-24(37)31-23(13-19-40-3)28(38)32-25;/h4-6,8-9,20,22-23,25,30H,7,10-19H2,1-3H3,(H,31,37)(H,32,38);1H/t23-,25?;/m0./s1. The van der Waals surface area contributed by atoms with Gasteiger partial charge in [0.25, 0.3) is 0 Å². The zero-order chi connectivity index (χ0) is 28.5. The summed E-state index contributed by atoms with van der Waals surface area (Å²) in [6, 6.07) is 8.74. The molecule has 0 radical (unpaired) electrons. The van der Waals surface area contributed by atoms with E-state index in [-0.39, 0.29) is 48.4 Å². The second-order valence-corrected chi connectivity index (χ2v) is 12.0. The first-order valence-electron chi connectivity index (χ1n) is 14.5. The maximum absolute atomic E-state index is 13.6. The first-order chi connectivity index (χ1) is 19.4. The number of fused-ring (bicyclic) bond motifs is 1. The number of benzene rings is 1. The van der Waals surface area contributed by atoms with Crippen LogP contribution in [0.3, 0.4) is 0 Å². The Morgan fingerprint density at radius 1 is 1.07 bits per heavy atom. The number of hydrogen-bond donors (Lipinski definition) is 3. The van der Waals surface area contributed by atoms with Gasteiger partial charge in [-0.3, -0.25) is 14.4 Å². The number of aromatic nitrogens is 3. The summed E-state index contributed by atoms with van der Waals surface area (Å²) in [5.74, 6) is 1.77. The fourth-order valence-electron chi connectivity index (χ4n) is 5.32. The zero-order valence-corrected chi connectivity index (χ0v) is 25.9. The van der Waals surface area contributed by atoms with Gasteiger partial charge in [-0.05, 0) is 56.7 Å². The molecule has 1 fully saturated rings. The summed E-state index contributed by atoms with van der Waals surface area (Å²) in [5, 5.41) is 14.3. The fraction of sp³-hybridized carbons (Fsp3) is 0.621. The van der Waals surface area contributed by atoms with Crippen molar-refractivity contribution in [2.75, 3.05) is 38.2 Å². The third-order valence-electron chi connectivity index (χ3n) is 7.65. The van der Waals surface area contributed by atoms with E-state index in [0.29, 0.717) is 44.1 Å². The highest BCUT2D eigenvalue weighted by atomic mass is 35.5. The minimum absolute atomic E-state index is 0. The van der Waals surface area contributed by atoms with Crippen molar-refractivity contribution in [1.29, 1.82) is 0 Å². The summed E-state index contributed by atoms with van der Waals surface area (Å²) in [6.07, 6.45) is 4.96. The van der Waals surface area contributed by atoms with Crippen LogP contribution < -0.4 is 16.0 Å². The van der Waals surface area contributed by atoms with Crippen LogP contribution >= 0.6 is 24.2 Å². The quantitative estimate of drug-likeness (QED) is 0.463. The molecule has 1 saturated heterocycles. The summed E-state index contributed by atoms with van der Waals surface area (Å²) >= 11 is 1.64. The summed E-state index contributed by atoms with van der Waals surface area (Å²) in [5.41, 5.74) is 0.891. The van der Waals surface area contributed by atoms with Crippen LogP contribution in [-0.4, -0.2) is 81.6 Å². The lowest BCUT2D eigenvalue weighted by Gasteiger charge is -2.31. The molecule has 0 bridgehead atoms. The van der Waals surface area contributed by atoms with Crippen LogP contribution in [0.1, 0.15) is 57.8 Å². The van der Waals surface area contributed by atoms with Crippen LogP contribution in [0.5, 0.6) is 0 Å². The molecule has 2 aliphatic rings. The molecule has 0 saturated carbocycles. The summed E-state index contributed by atoms with van der Waals surface area (Å²) in [4.78, 5) is 46.8. The molecule has 1 aromatic heterocycles. The molecule has 226 valence electrons. The molecule has 2 aromatic rings. The van der Waals surface area contributed by atoms with E-state index in [2.05, 4.69) is 16.0 Å². The van der Waals surface area contributed by atoms with Crippen LogP contribution in [0.15, 0.2) is 30.3 Å². The molecule has 1 unspecified atom stereocenters. The maximum atomic E-state index is 13.6. The molecule has 4 rings (SSSR count). The highest BCUT2D eigenvalue weighted by Crippen LogP contribution is 2.25. The Balaban J connectivity index is 0.00000462. The number of piperidine rings is 1. The molecule has 12 heteroatoms. The Morgan fingerprint density at radius 2 is 1.80 bits per heavy atom. The molecule has 0 spiro atoms. The van der Waals surface area contributed by atoms with Crippen molar-refractivity contribution in [3.8, 4) is 11.4 Å². The Labute approximate surface area is 253 Å². The number of amides is 3. The van der Waals surface area contributed by atoms with E-state index in [9.17, 15) is 14.4 Å². The lowest BCUT2D eigenvalue weighted by molar-refractivity contribution is -0.137. The Bertz CT molecular complexity index is 1140. The Kier molecular flexibility index (Phi) is 12.9. The first-order valence-corrected chi connectivity index (χ1v) is 15.8. The normalized spacial score (nSPS) is 21.3. The highest BCUT2D eigenvalue weighted by Gasteiger charge is 2.31. The predicted molar refractivity (Wildman–Crippen MR) is 165 cm³/mol. The first kappa shape index (κ1) is 32.9. The summed E-state index contributed by atoms with van der Waals surface area (Å²) in [7, 11) is 0. The van der Waals surface area contributed by atoms with Crippen LogP contribution in [0.2, 0.25) is 0 Å². The van der Waals surface area contributed by atoms with Gasteiger partial charge in [0.15, 0.2) is 11.6 Å². The van der Waals surface area contributed by atoms with E-state index < -0.39 is 12.1 Å². The average Bonchev–Trinajstić information content (AvgIpc) is 3.39. The smallest absolute Gasteiger partial charge is 0.243 e. The number of halogens is 1. The molecule has 3 N–H and O–H groups in total. The molecule has 10 nitrogen and oxygen atoms in total. The largest absolute Gasteiger partial charge is 0.344 e. The number of carbonyl (C=O) groups is 3. The van der Waals surface area contributed by atoms with Crippen LogP contribution in [0.4, 0.5) is 0 Å². The lowest BCUT2D eigenvalue weighted by atomic mass is 9.96. The van der Waals surface area contributed by atoms with Gasteiger partial charge < -0.3 is 20.9 Å². The minimum atomic E-state index is -0.637. The van der Waals surface area contributed by atoms with Gasteiger partial charge in [0.05, 0.1) is 12.6 Å². The SMILES string of the molecule is CSCC[C@@H]1NC(=O)CCCN(C(=O)C2CCNCC2)CCn2nc(-c3ccccc3)nc2C(C(C)C)NC1=O.Cl. The van der Waals surface area contributed by atoms with Gasteiger partial charge in [-0.1, -0.05) is 44.2 Å². The summed E-state index contributed by atoms with van der Waals surface area (Å²) in [6.45, 7) is 7.16. The summed E-state index contributed by atoms with van der Waals surface area (Å²) < 4.78 is 1.86. The van der Waals surface area contributed by atoms with E-state index in [1.54, 1.807) is 11.8 Å². The van der Waals surface area contributed by atoms with E-state index in [0.717, 1.165) is 37.2 Å². The van der Waals surface area contributed by atoms with Gasteiger partial charge in [-0.15, -0.1) is 12.4 Å². The third kappa shape index (κ3) is 8.93. The van der Waals surface area contributed by atoms with Gasteiger partial charge in [-0.25, -0.2) is 9.67 Å². The van der Waals surface area contributed by atoms with Gasteiger partial charge in [0.2, 0.25) is 17.7 Å². The van der Waals surface area contributed by atoms with Crippen molar-refractivity contribution in [2.45, 2.75) is 64.6 Å². The molecule has 0 aliphatic carbocycles. The lowest BCUT2D eigenvalue weighted by Crippen LogP contribution is -2.49. The Hall–Kier alpha value is -2.63. The van der Waals surface area contributed by atoms with Crippen molar-refractivity contribution >= 4 is 41.9 Å². The molecule has 3 heterocycles. The van der Waals surface area contributed by atoms with Crippen LogP contribution in [-0.2, 0) is 20.9 Å². The van der Waals surface area contributed by atoms with Crippen LogP contribution in [0.25, 0.3) is 11.4 Å². The van der Waals surface area contributed by atoms with Crippen molar-refractivity contribution in [2.24, 2.45) is 11.8 Å². The van der Waals surface area contributed by atoms with Gasteiger partial charge in [0.1, 0.15) is 6.04 Å². The second-order valence-electron chi connectivity index (χ2n) is 11.0. The monoisotopic (exact) mass is 605 g/mol. The van der Waals surface area contributed by atoms with E-state index in [4.69, 9.17) is 10.1 Å². The number of nitrogens with zero attached hydrogens (tertiary/aromatic N) is 4. The van der Waals surface area contributed by atoms with E-state index in [1.165, 1.54) is 0 Å². The number of hydrogen-bond acceptors (Lipinski definition) is 7. The molecular weight excluding hydrogens is 562 g/mol. The number of nitrogens with one attached hydrogen (secondary N) is 3. The minimum Gasteiger partial charge on any atom is -0.344 e. The maximum Gasteiger partial charge on any atom is 0.243 e. The average molecular weight is 606 g/mol. The number of rotatable bonds is 6. The van der Waals surface area contributed by atoms with Gasteiger partial charge in [-0.2, -0.15) is 16.9 Å². The predicted octanol–water partition coefficient (Wildman–Crippen LogP) is 3.04. The zero-order valence-electron chi connectivity index (χ0n) is 24.3. The van der Waals surface area contributed by atoms with Crippen LogP contribution in [0, 0.1) is 11.8 Å². The van der Waals surface area contributed by atoms with Crippen molar-refractivity contribution < 1.29 is 14.4 Å². The highest BCUT2D eigenvalue weighted by molar-refractivity contribution is 7.98.